The van der Waals surface area contributed by atoms with Gasteiger partial charge in [0.25, 0.3) is 0 Å². The molecule has 2 N–H and O–H groups in total. The fourth-order valence-corrected chi connectivity index (χ4v) is 2.63. The van der Waals surface area contributed by atoms with Crippen LogP contribution in [0, 0.1) is 5.82 Å². The van der Waals surface area contributed by atoms with E-state index in [2.05, 4.69) is 10.0 Å². The van der Waals surface area contributed by atoms with Crippen LogP contribution in [0.5, 0.6) is 5.75 Å². The van der Waals surface area contributed by atoms with Gasteiger partial charge >= 0.3 is 0 Å². The van der Waals surface area contributed by atoms with Gasteiger partial charge in [0, 0.05) is 6.07 Å². The summed E-state index contributed by atoms with van der Waals surface area (Å²) in [4.78, 5) is 0. The zero-order valence-electron chi connectivity index (χ0n) is 11.1. The number of rotatable bonds is 8. The van der Waals surface area contributed by atoms with Gasteiger partial charge in [-0.15, -0.1) is 0 Å². The number of nitrogens with one attached hydrogen (secondary N) is 2. The molecule has 19 heavy (non-hydrogen) atoms. The Bertz CT molecular complexity index is 506. The molecule has 0 aromatic heterocycles. The molecule has 0 aliphatic carbocycles. The summed E-state index contributed by atoms with van der Waals surface area (Å²) >= 11 is 0. The smallest absolute Gasteiger partial charge is 0.232 e. The van der Waals surface area contributed by atoms with Crippen molar-refractivity contribution in [3.05, 3.63) is 24.0 Å². The van der Waals surface area contributed by atoms with Crippen LogP contribution in [0.1, 0.15) is 13.3 Å². The molecule has 0 unspecified atom stereocenters. The van der Waals surface area contributed by atoms with E-state index in [1.807, 2.05) is 6.92 Å². The van der Waals surface area contributed by atoms with E-state index in [1.54, 1.807) is 0 Å². The van der Waals surface area contributed by atoms with Crippen LogP contribution in [0.3, 0.4) is 0 Å². The molecule has 1 aromatic carbocycles. The molecule has 0 fully saturated rings. The van der Waals surface area contributed by atoms with Gasteiger partial charge < -0.3 is 10.1 Å². The third kappa shape index (κ3) is 5.44. The molecular weight excluding hydrogens is 271 g/mol. The van der Waals surface area contributed by atoms with Crippen LogP contribution in [-0.4, -0.2) is 34.4 Å². The van der Waals surface area contributed by atoms with Crippen molar-refractivity contribution < 1.29 is 17.5 Å². The largest absolute Gasteiger partial charge is 0.494 e. The first-order valence-electron chi connectivity index (χ1n) is 6.03. The van der Waals surface area contributed by atoms with Gasteiger partial charge in [-0.3, -0.25) is 4.72 Å². The third-order valence-corrected chi connectivity index (χ3v) is 3.81. The lowest BCUT2D eigenvalue weighted by Gasteiger charge is -2.09. The molecule has 0 saturated carbocycles. The number of halogens is 1. The Labute approximate surface area is 113 Å². The van der Waals surface area contributed by atoms with E-state index < -0.39 is 15.8 Å². The van der Waals surface area contributed by atoms with Crippen LogP contribution in [0.15, 0.2) is 18.2 Å². The van der Waals surface area contributed by atoms with Crippen LogP contribution < -0.4 is 14.8 Å². The number of methoxy groups -OCH3 is 1. The number of hydrogen-bond acceptors (Lipinski definition) is 4. The van der Waals surface area contributed by atoms with Crippen LogP contribution in [0.4, 0.5) is 10.1 Å². The molecule has 7 heteroatoms. The summed E-state index contributed by atoms with van der Waals surface area (Å²) in [6, 6.07) is 3.84. The first-order valence-corrected chi connectivity index (χ1v) is 7.68. The molecule has 0 amide bonds. The predicted molar refractivity (Wildman–Crippen MR) is 73.5 cm³/mol. The number of benzene rings is 1. The molecule has 5 nitrogen and oxygen atoms in total. The monoisotopic (exact) mass is 290 g/mol. The van der Waals surface area contributed by atoms with Crippen molar-refractivity contribution in [2.24, 2.45) is 0 Å². The maximum absolute atomic E-state index is 13.2. The molecule has 0 saturated heterocycles. The van der Waals surface area contributed by atoms with Crippen molar-refractivity contribution in [3.63, 3.8) is 0 Å². The predicted octanol–water partition coefficient (Wildman–Crippen LogP) is 1.58. The van der Waals surface area contributed by atoms with E-state index in [0.29, 0.717) is 18.7 Å². The molecule has 108 valence electrons. The zero-order valence-corrected chi connectivity index (χ0v) is 11.9. The van der Waals surface area contributed by atoms with E-state index in [4.69, 9.17) is 4.74 Å². The Hall–Kier alpha value is -1.34. The number of anilines is 1. The highest BCUT2D eigenvalue weighted by Crippen LogP contribution is 2.22. The van der Waals surface area contributed by atoms with Gasteiger partial charge in [-0.1, -0.05) is 6.92 Å². The van der Waals surface area contributed by atoms with Crippen LogP contribution >= 0.6 is 0 Å². The second-order valence-electron chi connectivity index (χ2n) is 3.98. The molecule has 0 spiro atoms. The van der Waals surface area contributed by atoms with Gasteiger partial charge in [-0.2, -0.15) is 0 Å². The number of hydrogen-bond donors (Lipinski definition) is 2. The Morgan fingerprint density at radius 3 is 2.74 bits per heavy atom. The highest BCUT2D eigenvalue weighted by molar-refractivity contribution is 7.92. The fourth-order valence-electron chi connectivity index (χ4n) is 1.52. The summed E-state index contributed by atoms with van der Waals surface area (Å²) < 4.78 is 43.9. The average molecular weight is 290 g/mol. The van der Waals surface area contributed by atoms with Gasteiger partial charge in [0.2, 0.25) is 10.0 Å². The summed E-state index contributed by atoms with van der Waals surface area (Å²) in [6.07, 6.45) is 0.515. The van der Waals surface area contributed by atoms with Crippen LogP contribution in [0.25, 0.3) is 0 Å². The highest BCUT2D eigenvalue weighted by Gasteiger charge is 2.11. The van der Waals surface area contributed by atoms with Crippen molar-refractivity contribution >= 4 is 15.7 Å². The summed E-state index contributed by atoms with van der Waals surface area (Å²) in [5, 5.41) is 3.05. The molecule has 1 rings (SSSR count). The minimum Gasteiger partial charge on any atom is -0.494 e. The highest BCUT2D eigenvalue weighted by atomic mass is 32.2. The van der Waals surface area contributed by atoms with Crippen molar-refractivity contribution in [2.75, 3.05) is 30.7 Å². The van der Waals surface area contributed by atoms with E-state index >= 15 is 0 Å². The molecule has 0 heterocycles. The van der Waals surface area contributed by atoms with E-state index in [0.717, 1.165) is 12.6 Å². The molecular formula is C12H19FN2O3S. The van der Waals surface area contributed by atoms with Gasteiger partial charge in [0.1, 0.15) is 0 Å². The summed E-state index contributed by atoms with van der Waals surface area (Å²) in [5.74, 6) is -0.509. The summed E-state index contributed by atoms with van der Waals surface area (Å²) in [5.41, 5.74) is 0.293. The summed E-state index contributed by atoms with van der Waals surface area (Å²) in [7, 11) is -2.09. The fraction of sp³-hybridized carbons (Fsp3) is 0.500. The van der Waals surface area contributed by atoms with Crippen LogP contribution in [-0.2, 0) is 10.0 Å². The Balaban J connectivity index is 2.62. The third-order valence-electron chi connectivity index (χ3n) is 2.44. The molecule has 0 atom stereocenters. The maximum atomic E-state index is 13.2. The SMILES string of the molecule is CCNCCCS(=O)(=O)Nc1ccc(F)c(OC)c1. The van der Waals surface area contributed by atoms with Gasteiger partial charge in [-0.05, 0) is 31.6 Å². The molecule has 0 bridgehead atoms. The number of sulfonamides is 1. The van der Waals surface area contributed by atoms with Gasteiger partial charge in [0.15, 0.2) is 11.6 Å². The lowest BCUT2D eigenvalue weighted by atomic mass is 10.3. The number of ether oxygens (including phenoxy) is 1. The standard InChI is InChI=1S/C12H19FN2O3S/c1-3-14-7-4-8-19(16,17)15-10-5-6-11(13)12(9-10)18-2/h5-6,9,14-15H,3-4,7-8H2,1-2H3. The lowest BCUT2D eigenvalue weighted by Crippen LogP contribution is -2.21. The van der Waals surface area contributed by atoms with Crippen LogP contribution in [0.2, 0.25) is 0 Å². The lowest BCUT2D eigenvalue weighted by molar-refractivity contribution is 0.387. The van der Waals surface area contributed by atoms with E-state index in [-0.39, 0.29) is 11.5 Å². The Kier molecular flexibility index (Phi) is 6.04. The first-order chi connectivity index (χ1) is 8.98. The molecule has 0 radical (unpaired) electrons. The first kappa shape index (κ1) is 15.7. The Morgan fingerprint density at radius 1 is 1.37 bits per heavy atom. The molecule has 0 aliphatic rings. The quantitative estimate of drug-likeness (QED) is 0.713. The van der Waals surface area contributed by atoms with Crippen molar-refractivity contribution in [3.8, 4) is 5.75 Å². The van der Waals surface area contributed by atoms with Gasteiger partial charge in [-0.25, -0.2) is 12.8 Å². The zero-order chi connectivity index (χ0) is 14.3. The normalized spacial score (nSPS) is 11.3. The van der Waals surface area contributed by atoms with E-state index in [9.17, 15) is 12.8 Å². The minimum atomic E-state index is -3.42. The second kappa shape index (κ2) is 7.30. The average Bonchev–Trinajstić information content (AvgIpc) is 2.37. The van der Waals surface area contributed by atoms with Crippen molar-refractivity contribution in [1.29, 1.82) is 0 Å². The summed E-state index contributed by atoms with van der Waals surface area (Å²) in [6.45, 7) is 3.41. The minimum absolute atomic E-state index is 0.00727. The van der Waals surface area contributed by atoms with Crippen molar-refractivity contribution in [2.45, 2.75) is 13.3 Å². The van der Waals surface area contributed by atoms with E-state index in [1.165, 1.54) is 19.2 Å². The Morgan fingerprint density at radius 2 is 2.11 bits per heavy atom. The second-order valence-corrected chi connectivity index (χ2v) is 5.82. The maximum Gasteiger partial charge on any atom is 0.232 e. The van der Waals surface area contributed by atoms with Crippen molar-refractivity contribution in [1.82, 2.24) is 5.32 Å². The molecule has 1 aromatic rings. The van der Waals surface area contributed by atoms with Gasteiger partial charge in [0.05, 0.1) is 18.6 Å². The topological polar surface area (TPSA) is 67.4 Å². The molecule has 0 aliphatic heterocycles.